The van der Waals surface area contributed by atoms with E-state index in [1.165, 1.54) is 37.7 Å². The second kappa shape index (κ2) is 13.1. The first-order chi connectivity index (χ1) is 24.1. The second-order valence-corrected chi connectivity index (χ2v) is 13.8. The van der Waals surface area contributed by atoms with E-state index in [0.29, 0.717) is 12.4 Å². The summed E-state index contributed by atoms with van der Waals surface area (Å²) in [6, 6.07) is 57.0. The molecule has 0 radical (unpaired) electrons. The van der Waals surface area contributed by atoms with Gasteiger partial charge in [-0.1, -0.05) is 146 Å². The average Bonchev–Trinajstić information content (AvgIpc) is 3.57. The van der Waals surface area contributed by atoms with Crippen LogP contribution in [0.3, 0.4) is 0 Å². The Balaban J connectivity index is 1.16. The molecule has 0 saturated heterocycles. The first-order valence-electron chi connectivity index (χ1n) is 16.6. The zero-order chi connectivity index (χ0) is 33.2. The average molecular weight is 653 g/mol. The van der Waals surface area contributed by atoms with Crippen LogP contribution in [-0.4, -0.2) is 22.3 Å². The Labute approximate surface area is 291 Å². The smallest absolute Gasteiger partial charge is 0.148 e. The molecule has 2 atom stereocenters. The van der Waals surface area contributed by atoms with E-state index in [2.05, 4.69) is 115 Å². The molecule has 2 N–H and O–H groups in total. The molecule has 6 aromatic rings. The Hall–Kier alpha value is -5.65. The topological polar surface area (TPSA) is 51.5 Å². The summed E-state index contributed by atoms with van der Waals surface area (Å²) in [7, 11) is 0. The Morgan fingerprint density at radius 2 is 1.35 bits per heavy atom. The summed E-state index contributed by atoms with van der Waals surface area (Å²) in [5.41, 5.74) is 8.84. The van der Waals surface area contributed by atoms with Gasteiger partial charge in [-0.2, -0.15) is 5.10 Å². The molecule has 238 valence electrons. The molecule has 0 saturated carbocycles. The highest BCUT2D eigenvalue weighted by Gasteiger charge is 2.48. The summed E-state index contributed by atoms with van der Waals surface area (Å²) < 4.78 is 0. The number of hydrazone groups is 1. The number of nitrogens with zero attached hydrogens (tertiary/aromatic N) is 2. The van der Waals surface area contributed by atoms with Crippen molar-refractivity contribution in [2.75, 3.05) is 5.32 Å². The van der Waals surface area contributed by atoms with Crippen molar-refractivity contribution in [3.8, 4) is 0 Å². The number of benzene rings is 6. The monoisotopic (exact) mass is 652 g/mol. The fourth-order valence-corrected chi connectivity index (χ4v) is 8.62. The summed E-state index contributed by atoms with van der Waals surface area (Å²) in [6.07, 6.45) is 1.82. The second-order valence-electron chi connectivity index (χ2n) is 12.6. The zero-order valence-corrected chi connectivity index (χ0v) is 28.1. The molecule has 1 aliphatic carbocycles. The van der Waals surface area contributed by atoms with Gasteiger partial charge in [-0.25, -0.2) is 5.01 Å². The summed E-state index contributed by atoms with van der Waals surface area (Å²) in [5.74, 6) is 0.352. The van der Waals surface area contributed by atoms with Crippen molar-refractivity contribution in [3.63, 3.8) is 0 Å². The van der Waals surface area contributed by atoms with E-state index in [0.717, 1.165) is 22.4 Å². The van der Waals surface area contributed by atoms with Crippen molar-refractivity contribution < 1.29 is 0 Å². The number of rotatable bonds is 8. The first-order valence-corrected chi connectivity index (χ1v) is 17.5. The van der Waals surface area contributed by atoms with Gasteiger partial charge >= 0.3 is 0 Å². The van der Waals surface area contributed by atoms with E-state index in [1.807, 2.05) is 78.6 Å². The molecular weight excluding hydrogens is 617 g/mol. The molecule has 0 spiro atoms. The van der Waals surface area contributed by atoms with Gasteiger partial charge in [-0.05, 0) is 58.2 Å². The van der Waals surface area contributed by atoms with E-state index in [-0.39, 0.29) is 10.7 Å². The van der Waals surface area contributed by atoms with Crippen LogP contribution in [-0.2, 0) is 12.0 Å². The molecule has 6 aromatic carbocycles. The normalized spacial score (nSPS) is 17.7. The van der Waals surface area contributed by atoms with Gasteiger partial charge in [-0.15, -0.1) is 11.8 Å². The number of anilines is 1. The van der Waals surface area contributed by atoms with Crippen LogP contribution in [0.5, 0.6) is 0 Å². The van der Waals surface area contributed by atoms with Crippen molar-refractivity contribution in [2.24, 2.45) is 5.10 Å². The molecule has 5 heteroatoms. The van der Waals surface area contributed by atoms with E-state index in [4.69, 9.17) is 10.5 Å². The number of hydrogen-bond acceptors (Lipinski definition) is 4. The summed E-state index contributed by atoms with van der Waals surface area (Å²) in [5, 5.41) is 22.2. The Bertz CT molecular complexity index is 2280. The molecule has 2 aliphatic rings. The highest BCUT2D eigenvalue weighted by atomic mass is 32.2. The van der Waals surface area contributed by atoms with E-state index in [9.17, 15) is 0 Å². The summed E-state index contributed by atoms with van der Waals surface area (Å²) in [6.45, 7) is 2.87. The van der Waals surface area contributed by atoms with Gasteiger partial charge in [0.1, 0.15) is 5.84 Å². The van der Waals surface area contributed by atoms with Crippen LogP contribution in [0.25, 0.3) is 11.3 Å². The van der Waals surface area contributed by atoms with Crippen LogP contribution in [0.1, 0.15) is 34.7 Å². The highest BCUT2D eigenvalue weighted by molar-refractivity contribution is 8.01. The van der Waals surface area contributed by atoms with Gasteiger partial charge in [-0.3, -0.25) is 5.41 Å². The third-order valence-corrected chi connectivity index (χ3v) is 11.1. The van der Waals surface area contributed by atoms with Crippen molar-refractivity contribution in [1.29, 1.82) is 5.41 Å². The fraction of sp³-hybridized carbons (Fsp3) is 0.0909. The van der Waals surface area contributed by atoms with E-state index < -0.39 is 0 Å². The maximum absolute atomic E-state index is 9.01. The Morgan fingerprint density at radius 1 is 0.735 bits per heavy atom. The molecule has 49 heavy (non-hydrogen) atoms. The third-order valence-electron chi connectivity index (χ3n) is 9.59. The highest BCUT2D eigenvalue weighted by Crippen LogP contribution is 2.55. The maximum Gasteiger partial charge on any atom is 0.148 e. The summed E-state index contributed by atoms with van der Waals surface area (Å²) in [4.78, 5) is 1.34. The number of amidine groups is 1. The van der Waals surface area contributed by atoms with Crippen LogP contribution in [0.15, 0.2) is 174 Å². The minimum atomic E-state index is -0.318. The van der Waals surface area contributed by atoms with Crippen LogP contribution in [0.4, 0.5) is 5.69 Å². The zero-order valence-electron chi connectivity index (χ0n) is 27.3. The minimum absolute atomic E-state index is 0.212. The molecular formula is C44H36N4S. The lowest BCUT2D eigenvalue weighted by molar-refractivity contribution is 0.439. The predicted octanol–water partition coefficient (Wildman–Crippen LogP) is 8.41. The molecule has 0 fully saturated rings. The SMILES string of the molecule is CC1(c2ccccc2)C(Nc2ccc(CN(/N=C/c3ccccc3)C(=N)c3ccccc3)cc2)=c2ccccc2=C2c3ccccc3SC21. The minimum Gasteiger partial charge on any atom is -0.358 e. The Kier molecular flexibility index (Phi) is 8.20. The molecule has 2 unspecified atom stereocenters. The largest absolute Gasteiger partial charge is 0.358 e. The van der Waals surface area contributed by atoms with Crippen LogP contribution >= 0.6 is 11.8 Å². The predicted molar refractivity (Wildman–Crippen MR) is 204 cm³/mol. The van der Waals surface area contributed by atoms with Gasteiger partial charge in [0.05, 0.1) is 18.0 Å². The maximum atomic E-state index is 9.01. The number of nitrogens with one attached hydrogen (secondary N) is 2. The van der Waals surface area contributed by atoms with Gasteiger partial charge in [0.15, 0.2) is 0 Å². The third kappa shape index (κ3) is 5.77. The lowest BCUT2D eigenvalue weighted by Gasteiger charge is -2.41. The molecule has 0 bridgehead atoms. The van der Waals surface area contributed by atoms with Gasteiger partial charge < -0.3 is 5.32 Å². The molecule has 1 heterocycles. The quantitative estimate of drug-likeness (QED) is 0.0987. The van der Waals surface area contributed by atoms with Gasteiger partial charge in [0.2, 0.25) is 0 Å². The van der Waals surface area contributed by atoms with Crippen molar-refractivity contribution >= 4 is 40.8 Å². The van der Waals surface area contributed by atoms with Crippen molar-refractivity contribution in [3.05, 3.63) is 202 Å². The van der Waals surface area contributed by atoms with Crippen LogP contribution in [0.2, 0.25) is 0 Å². The molecule has 8 rings (SSSR count). The van der Waals surface area contributed by atoms with Crippen molar-refractivity contribution in [2.45, 2.75) is 29.0 Å². The molecule has 1 aliphatic heterocycles. The molecule has 4 nitrogen and oxygen atoms in total. The van der Waals surface area contributed by atoms with Gasteiger partial charge in [0, 0.05) is 32.5 Å². The molecule has 0 aromatic heterocycles. The van der Waals surface area contributed by atoms with Crippen LogP contribution in [0, 0.1) is 5.41 Å². The lowest BCUT2D eigenvalue weighted by atomic mass is 9.69. The Morgan fingerprint density at radius 3 is 2.08 bits per heavy atom. The number of hydrogen-bond donors (Lipinski definition) is 2. The summed E-state index contributed by atoms with van der Waals surface area (Å²) >= 11 is 1.98. The van der Waals surface area contributed by atoms with E-state index in [1.54, 1.807) is 5.01 Å². The lowest BCUT2D eigenvalue weighted by Crippen LogP contribution is -2.50. The fourth-order valence-electron chi connectivity index (χ4n) is 7.04. The molecule has 0 amide bonds. The number of fused-ring (bicyclic) bond motifs is 4. The first kappa shape index (κ1) is 30.7. The number of thioether (sulfide) groups is 1. The van der Waals surface area contributed by atoms with Crippen LogP contribution < -0.4 is 15.8 Å². The van der Waals surface area contributed by atoms with E-state index >= 15 is 0 Å². The van der Waals surface area contributed by atoms with Crippen molar-refractivity contribution in [1.82, 2.24) is 5.01 Å². The standard InChI is InChI=1S/C44H36N4S/c1-44(34-19-9-4-10-20-34)41(37-22-12-11-21-36(37)40-38-23-13-14-24-39(38)49-42(40)44)47-35-27-25-32(26-28-35)30-48(43(45)33-17-7-3-8-18-33)46-29-31-15-5-2-6-16-31/h2-29,42,45,47H,30H2,1H3/b45-43?,46-29+. The van der Waals surface area contributed by atoms with Gasteiger partial charge in [0.25, 0.3) is 0 Å².